The molecular weight excluding hydrogens is 245 g/mol. The fourth-order valence-corrected chi connectivity index (χ4v) is 2.93. The highest BCUT2D eigenvalue weighted by atomic mass is 16.2. The first-order valence-corrected chi connectivity index (χ1v) is 7.46. The maximum Gasteiger partial charge on any atom is 0.326 e. The molecule has 1 N–H and O–H groups in total. The van der Waals surface area contributed by atoms with E-state index in [4.69, 9.17) is 0 Å². The van der Waals surface area contributed by atoms with E-state index in [2.05, 4.69) is 67.9 Å². The fraction of sp³-hybridized carbons (Fsp3) is 0.500. The van der Waals surface area contributed by atoms with Crippen LogP contribution >= 0.6 is 0 Å². The quantitative estimate of drug-likeness (QED) is 0.709. The van der Waals surface area contributed by atoms with Crippen LogP contribution in [0.5, 0.6) is 0 Å². The molecule has 0 aromatic rings. The minimum atomic E-state index is -0.280. The van der Waals surface area contributed by atoms with E-state index in [0.29, 0.717) is 11.6 Å². The van der Waals surface area contributed by atoms with E-state index in [9.17, 15) is 4.79 Å². The van der Waals surface area contributed by atoms with Gasteiger partial charge in [-0.2, -0.15) is 0 Å². The second-order valence-corrected chi connectivity index (χ2v) is 6.76. The van der Waals surface area contributed by atoms with Crippen LogP contribution in [0.25, 0.3) is 0 Å². The Labute approximate surface area is 124 Å². The predicted octanol–water partition coefficient (Wildman–Crippen LogP) is 0.127. The average Bonchev–Trinajstić information content (AvgIpc) is 2.32. The summed E-state index contributed by atoms with van der Waals surface area (Å²) in [6.07, 6.45) is 7.45. The van der Waals surface area contributed by atoms with Crippen molar-refractivity contribution in [3.8, 4) is 0 Å². The molecule has 0 saturated carbocycles. The molecule has 0 aromatic carbocycles. The molecule has 20 heavy (non-hydrogen) atoms. The molecule has 1 atom stereocenters. The van der Waals surface area contributed by atoms with Crippen molar-refractivity contribution in [3.05, 3.63) is 35.1 Å². The Bertz CT molecular complexity index is 521. The Hall–Kier alpha value is -1.32. The molecule has 1 aliphatic carbocycles. The lowest BCUT2D eigenvalue weighted by molar-refractivity contribution is 0.207. The van der Waals surface area contributed by atoms with E-state index < -0.39 is 0 Å². The van der Waals surface area contributed by atoms with Crippen LogP contribution in [-0.4, -0.2) is 40.0 Å². The lowest BCUT2D eigenvalue weighted by Gasteiger charge is -2.43. The van der Waals surface area contributed by atoms with Gasteiger partial charge in [0.1, 0.15) is 23.5 Å². The first-order chi connectivity index (χ1) is 9.24. The highest BCUT2D eigenvalue weighted by molar-refractivity contribution is 6.39. The fourth-order valence-electron chi connectivity index (χ4n) is 2.93. The van der Waals surface area contributed by atoms with Gasteiger partial charge in [-0.25, -0.2) is 4.79 Å². The van der Waals surface area contributed by atoms with E-state index in [1.54, 1.807) is 0 Å². The van der Waals surface area contributed by atoms with Crippen molar-refractivity contribution in [3.63, 3.8) is 0 Å². The number of urea groups is 1. The number of allylic oxidation sites excluding steroid dienone is 4. The molecule has 1 unspecified atom stereocenters. The van der Waals surface area contributed by atoms with Crippen LogP contribution in [0.1, 0.15) is 27.2 Å². The van der Waals surface area contributed by atoms with Crippen molar-refractivity contribution in [1.29, 1.82) is 0 Å². The van der Waals surface area contributed by atoms with Gasteiger partial charge in [-0.05, 0) is 32.3 Å². The maximum absolute atomic E-state index is 12.6. The topological polar surface area (TPSA) is 32.3 Å². The van der Waals surface area contributed by atoms with Crippen LogP contribution in [0, 0.1) is 5.92 Å². The summed E-state index contributed by atoms with van der Waals surface area (Å²) in [6, 6.07) is -0.0192. The van der Waals surface area contributed by atoms with E-state index in [1.807, 2.05) is 4.90 Å². The summed E-state index contributed by atoms with van der Waals surface area (Å²) in [5, 5.41) is 3.11. The zero-order valence-electron chi connectivity index (χ0n) is 13.4. The van der Waals surface area contributed by atoms with Gasteiger partial charge in [0.15, 0.2) is 0 Å². The molecule has 2 aliphatic rings. The Balaban J connectivity index is 2.53. The van der Waals surface area contributed by atoms with E-state index in [1.165, 1.54) is 5.47 Å². The van der Waals surface area contributed by atoms with Crippen LogP contribution in [0.4, 0.5) is 4.79 Å². The van der Waals surface area contributed by atoms with Gasteiger partial charge < -0.3 is 5.32 Å². The molecule has 0 fully saturated rings. The second-order valence-electron chi connectivity index (χ2n) is 6.76. The highest BCUT2D eigenvalue weighted by Crippen LogP contribution is 2.34. The number of rotatable bonds is 2. The van der Waals surface area contributed by atoms with E-state index >= 15 is 0 Å². The van der Waals surface area contributed by atoms with Crippen LogP contribution in [0.3, 0.4) is 0 Å². The predicted molar refractivity (Wildman–Crippen MR) is 91.9 cm³/mol. The maximum atomic E-state index is 12.6. The molecule has 0 bridgehead atoms. The van der Waals surface area contributed by atoms with Crippen molar-refractivity contribution < 1.29 is 4.79 Å². The molecule has 0 aromatic heterocycles. The Kier molecular flexibility index (Phi) is 3.94. The van der Waals surface area contributed by atoms with Crippen molar-refractivity contribution in [2.75, 3.05) is 0 Å². The molecule has 1 heterocycles. The average molecular weight is 268 g/mol. The molecule has 0 spiro atoms. The molecule has 6 heteroatoms. The van der Waals surface area contributed by atoms with Crippen LogP contribution < -0.4 is 5.32 Å². The Morgan fingerprint density at radius 2 is 2.10 bits per heavy atom. The zero-order chi connectivity index (χ0) is 15.1. The number of hydrogen-bond acceptors (Lipinski definition) is 1. The van der Waals surface area contributed by atoms with Gasteiger partial charge in [0.05, 0.1) is 5.54 Å². The Morgan fingerprint density at radius 1 is 1.45 bits per heavy atom. The van der Waals surface area contributed by atoms with Gasteiger partial charge in [0.25, 0.3) is 0 Å². The van der Waals surface area contributed by atoms with Crippen molar-refractivity contribution in [2.24, 2.45) is 5.92 Å². The number of nitrogens with zero attached hydrogens (tertiary/aromatic N) is 1. The third kappa shape index (κ3) is 2.61. The Morgan fingerprint density at radius 3 is 2.65 bits per heavy atom. The number of hydrogen-bond donors (Lipinski definition) is 1. The third-order valence-corrected chi connectivity index (χ3v) is 4.24. The summed E-state index contributed by atoms with van der Waals surface area (Å²) >= 11 is 0. The number of nitrogens with one attached hydrogen (secondary N) is 1. The zero-order valence-corrected chi connectivity index (χ0v) is 13.4. The van der Waals surface area contributed by atoms with Gasteiger partial charge in [-0.15, -0.1) is 0 Å². The molecule has 0 saturated heterocycles. The van der Waals surface area contributed by atoms with Gasteiger partial charge in [-0.3, -0.25) is 4.90 Å². The van der Waals surface area contributed by atoms with Gasteiger partial charge >= 0.3 is 6.03 Å². The molecular formula is C14H23B3N2O. The van der Waals surface area contributed by atoms with E-state index in [-0.39, 0.29) is 11.6 Å². The highest BCUT2D eigenvalue weighted by Gasteiger charge is 2.37. The van der Waals surface area contributed by atoms with Crippen LogP contribution in [0.2, 0.25) is 5.72 Å². The van der Waals surface area contributed by atoms with Gasteiger partial charge in [0, 0.05) is 11.4 Å². The lowest BCUT2D eigenvalue weighted by Crippen LogP contribution is -2.56. The summed E-state index contributed by atoms with van der Waals surface area (Å²) in [6.45, 7) is 6.31. The minimum Gasteiger partial charge on any atom is -0.330 e. The molecule has 2 rings (SSSR count). The summed E-state index contributed by atoms with van der Waals surface area (Å²) in [7, 11) is 6.42. The summed E-state index contributed by atoms with van der Waals surface area (Å²) < 4.78 is 0. The molecule has 0 radical (unpaired) electrons. The number of carbonyl (C=O) groups is 1. The molecule has 104 valence electrons. The molecule has 2 amide bonds. The first-order valence-electron chi connectivity index (χ1n) is 7.46. The van der Waals surface area contributed by atoms with Gasteiger partial charge in [0.2, 0.25) is 0 Å². The number of amides is 2. The van der Waals surface area contributed by atoms with Crippen LogP contribution in [0.15, 0.2) is 35.1 Å². The van der Waals surface area contributed by atoms with E-state index in [0.717, 1.165) is 17.8 Å². The minimum absolute atomic E-state index is 0.0192. The lowest BCUT2D eigenvalue weighted by atomic mass is 9.62. The van der Waals surface area contributed by atoms with Crippen molar-refractivity contribution in [1.82, 2.24) is 10.2 Å². The normalized spacial score (nSPS) is 25.8. The molecule has 3 nitrogen and oxygen atoms in total. The summed E-state index contributed by atoms with van der Waals surface area (Å²) in [5.41, 5.74) is 3.40. The third-order valence-electron chi connectivity index (χ3n) is 4.24. The SMILES string of the molecule is BC1=C(C(B)B)N(C2=CC(C)CC=C2)C(=O)NC1(C)C. The van der Waals surface area contributed by atoms with Crippen molar-refractivity contribution in [2.45, 2.75) is 38.4 Å². The smallest absolute Gasteiger partial charge is 0.326 e. The summed E-state index contributed by atoms with van der Waals surface area (Å²) in [5.74, 6) is 0.478. The monoisotopic (exact) mass is 268 g/mol. The molecule has 1 aliphatic heterocycles. The number of carbonyl (C=O) groups excluding carboxylic acids is 1. The largest absolute Gasteiger partial charge is 0.330 e. The standard InChI is InChI=1S/C14H23B3N2O/c1-8-5-4-6-9(7-8)19-10(12(16)17)11(15)14(2,3)18-13(19)20/h4,6-8,12H,5,15-17H2,1-3H3,(H,18,20). The first kappa shape index (κ1) is 15.1. The summed E-state index contributed by atoms with van der Waals surface area (Å²) in [4.78, 5) is 14.4. The van der Waals surface area contributed by atoms with Crippen molar-refractivity contribution >= 4 is 29.6 Å². The second kappa shape index (κ2) is 5.23. The van der Waals surface area contributed by atoms with Crippen LogP contribution in [-0.2, 0) is 0 Å². The van der Waals surface area contributed by atoms with Gasteiger partial charge in [-0.1, -0.05) is 30.3 Å².